The van der Waals surface area contributed by atoms with Crippen molar-refractivity contribution in [1.82, 2.24) is 4.90 Å². The Bertz CT molecular complexity index is 420. The zero-order valence-electron chi connectivity index (χ0n) is 10.3. The van der Waals surface area contributed by atoms with Crippen molar-refractivity contribution in [2.45, 2.75) is 31.7 Å². The van der Waals surface area contributed by atoms with Crippen LogP contribution in [0.1, 0.15) is 36.0 Å². The van der Waals surface area contributed by atoms with Crippen molar-refractivity contribution in [1.29, 1.82) is 0 Å². The second-order valence-corrected chi connectivity index (χ2v) is 4.67. The van der Waals surface area contributed by atoms with Crippen LogP contribution < -0.4 is 0 Å². The quantitative estimate of drug-likeness (QED) is 0.894. The van der Waals surface area contributed by atoms with Crippen molar-refractivity contribution in [2.24, 2.45) is 0 Å². The predicted molar refractivity (Wildman–Crippen MR) is 66.8 cm³/mol. The zero-order chi connectivity index (χ0) is 13.0. The van der Waals surface area contributed by atoms with E-state index < -0.39 is 5.82 Å². The van der Waals surface area contributed by atoms with Crippen molar-refractivity contribution in [3.8, 4) is 0 Å². The molecule has 0 aliphatic carbocycles. The van der Waals surface area contributed by atoms with Crippen LogP contribution >= 0.6 is 0 Å². The molecule has 1 N–H and O–H groups in total. The number of likely N-dealkylation sites (tertiary alicyclic amines) is 1. The molecular weight excluding hydrogens is 233 g/mol. The van der Waals surface area contributed by atoms with Gasteiger partial charge in [-0.15, -0.1) is 0 Å². The Hall–Kier alpha value is -1.42. The molecule has 1 aromatic carbocycles. The van der Waals surface area contributed by atoms with Crippen molar-refractivity contribution >= 4 is 5.91 Å². The summed E-state index contributed by atoms with van der Waals surface area (Å²) in [6.07, 6.45) is 3.57. The molecule has 0 aromatic heterocycles. The van der Waals surface area contributed by atoms with Crippen LogP contribution in [-0.2, 0) is 0 Å². The first-order valence-corrected chi connectivity index (χ1v) is 6.40. The Morgan fingerprint density at radius 2 is 2.28 bits per heavy atom. The van der Waals surface area contributed by atoms with Crippen LogP contribution in [0.5, 0.6) is 0 Å². The first-order chi connectivity index (χ1) is 8.72. The summed E-state index contributed by atoms with van der Waals surface area (Å²) in [7, 11) is 0. The molecular formula is C14H18FNO2. The van der Waals surface area contributed by atoms with Gasteiger partial charge in [0.05, 0.1) is 0 Å². The van der Waals surface area contributed by atoms with Crippen LogP contribution in [0.25, 0.3) is 0 Å². The number of hydrogen-bond acceptors (Lipinski definition) is 2. The number of aliphatic hydroxyl groups is 1. The fourth-order valence-electron chi connectivity index (χ4n) is 2.50. The highest BCUT2D eigenvalue weighted by molar-refractivity contribution is 5.94. The maximum Gasteiger partial charge on any atom is 0.254 e. The molecule has 1 unspecified atom stereocenters. The van der Waals surface area contributed by atoms with E-state index >= 15 is 0 Å². The van der Waals surface area contributed by atoms with Gasteiger partial charge in [-0.1, -0.05) is 6.07 Å². The lowest BCUT2D eigenvalue weighted by atomic mass is 9.98. The number of carbonyl (C=O) groups is 1. The SMILES string of the molecule is O=C(c1cccc(F)c1)N1CCCCC1CCO. The average molecular weight is 251 g/mol. The molecule has 1 aliphatic heterocycles. The van der Waals surface area contributed by atoms with Gasteiger partial charge in [0, 0.05) is 24.8 Å². The Labute approximate surface area is 106 Å². The number of aliphatic hydroxyl groups excluding tert-OH is 1. The molecule has 1 aliphatic rings. The highest BCUT2D eigenvalue weighted by atomic mass is 19.1. The van der Waals surface area contributed by atoms with Crippen molar-refractivity contribution < 1.29 is 14.3 Å². The Morgan fingerprint density at radius 3 is 3.00 bits per heavy atom. The summed E-state index contributed by atoms with van der Waals surface area (Å²) in [4.78, 5) is 14.1. The summed E-state index contributed by atoms with van der Waals surface area (Å²) in [6.45, 7) is 0.775. The van der Waals surface area contributed by atoms with Gasteiger partial charge < -0.3 is 10.0 Å². The topological polar surface area (TPSA) is 40.5 Å². The van der Waals surface area contributed by atoms with Gasteiger partial charge in [-0.05, 0) is 43.9 Å². The van der Waals surface area contributed by atoms with E-state index in [-0.39, 0.29) is 18.6 Å². The average Bonchev–Trinajstić information content (AvgIpc) is 2.39. The second kappa shape index (κ2) is 5.96. The van der Waals surface area contributed by atoms with Gasteiger partial charge in [-0.2, -0.15) is 0 Å². The van der Waals surface area contributed by atoms with Gasteiger partial charge in [-0.3, -0.25) is 4.79 Å². The predicted octanol–water partition coefficient (Wildman–Crippen LogP) is 2.20. The molecule has 4 heteroatoms. The summed E-state index contributed by atoms with van der Waals surface area (Å²) in [5.41, 5.74) is 0.389. The molecule has 1 aromatic rings. The Kier molecular flexibility index (Phi) is 4.31. The second-order valence-electron chi connectivity index (χ2n) is 4.67. The largest absolute Gasteiger partial charge is 0.396 e. The monoisotopic (exact) mass is 251 g/mol. The molecule has 0 radical (unpaired) electrons. The highest BCUT2D eigenvalue weighted by Crippen LogP contribution is 2.22. The van der Waals surface area contributed by atoms with Crippen LogP contribution in [0.2, 0.25) is 0 Å². The van der Waals surface area contributed by atoms with Crippen LogP contribution in [0.3, 0.4) is 0 Å². The van der Waals surface area contributed by atoms with Crippen LogP contribution in [-0.4, -0.2) is 35.1 Å². The standard InChI is InChI=1S/C14H18FNO2/c15-12-5-3-4-11(10-12)14(18)16-8-2-1-6-13(16)7-9-17/h3-5,10,13,17H,1-2,6-9H2. The van der Waals surface area contributed by atoms with E-state index in [0.717, 1.165) is 19.3 Å². The minimum atomic E-state index is -0.392. The Balaban J connectivity index is 2.15. The number of nitrogens with zero attached hydrogens (tertiary/aromatic N) is 1. The molecule has 0 saturated carbocycles. The third kappa shape index (κ3) is 2.88. The molecule has 1 saturated heterocycles. The number of rotatable bonds is 3. The van der Waals surface area contributed by atoms with E-state index in [1.807, 2.05) is 0 Å². The van der Waals surface area contributed by atoms with Crippen molar-refractivity contribution in [2.75, 3.05) is 13.2 Å². The number of amides is 1. The fraction of sp³-hybridized carbons (Fsp3) is 0.500. The van der Waals surface area contributed by atoms with Gasteiger partial charge >= 0.3 is 0 Å². The van der Waals surface area contributed by atoms with Gasteiger partial charge in [-0.25, -0.2) is 4.39 Å². The summed E-state index contributed by atoms with van der Waals surface area (Å²) in [6, 6.07) is 5.87. The van der Waals surface area contributed by atoms with E-state index in [9.17, 15) is 9.18 Å². The fourth-order valence-corrected chi connectivity index (χ4v) is 2.50. The van der Waals surface area contributed by atoms with Crippen LogP contribution in [0.4, 0.5) is 4.39 Å². The third-order valence-corrected chi connectivity index (χ3v) is 3.42. The van der Waals surface area contributed by atoms with E-state index in [1.54, 1.807) is 17.0 Å². The molecule has 1 atom stereocenters. The first kappa shape index (κ1) is 13.0. The lowest BCUT2D eigenvalue weighted by Crippen LogP contribution is -2.44. The normalized spacial score (nSPS) is 19.9. The van der Waals surface area contributed by atoms with Gasteiger partial charge in [0.25, 0.3) is 5.91 Å². The zero-order valence-corrected chi connectivity index (χ0v) is 10.3. The van der Waals surface area contributed by atoms with E-state index in [1.165, 1.54) is 12.1 Å². The van der Waals surface area contributed by atoms with Crippen molar-refractivity contribution in [3.05, 3.63) is 35.6 Å². The molecule has 1 heterocycles. The van der Waals surface area contributed by atoms with E-state index in [0.29, 0.717) is 18.5 Å². The maximum atomic E-state index is 13.1. The molecule has 18 heavy (non-hydrogen) atoms. The minimum Gasteiger partial charge on any atom is -0.396 e. The van der Waals surface area contributed by atoms with Gasteiger partial charge in [0.2, 0.25) is 0 Å². The molecule has 0 bridgehead atoms. The minimum absolute atomic E-state index is 0.0809. The number of halogens is 1. The number of hydrogen-bond donors (Lipinski definition) is 1. The summed E-state index contributed by atoms with van der Waals surface area (Å²) in [5, 5.41) is 9.03. The van der Waals surface area contributed by atoms with Gasteiger partial charge in [0.15, 0.2) is 0 Å². The first-order valence-electron chi connectivity index (χ1n) is 6.40. The van der Waals surface area contributed by atoms with Crippen LogP contribution in [0.15, 0.2) is 24.3 Å². The van der Waals surface area contributed by atoms with Crippen LogP contribution in [0, 0.1) is 5.82 Å². The molecule has 2 rings (SSSR count). The molecule has 1 amide bonds. The smallest absolute Gasteiger partial charge is 0.254 e. The van der Waals surface area contributed by atoms with Gasteiger partial charge in [0.1, 0.15) is 5.82 Å². The molecule has 0 spiro atoms. The third-order valence-electron chi connectivity index (χ3n) is 3.42. The molecule has 3 nitrogen and oxygen atoms in total. The lowest BCUT2D eigenvalue weighted by molar-refractivity contribution is 0.0574. The number of piperidine rings is 1. The summed E-state index contributed by atoms with van der Waals surface area (Å²) in [5.74, 6) is -0.524. The molecule has 98 valence electrons. The number of carbonyl (C=O) groups excluding carboxylic acids is 1. The summed E-state index contributed by atoms with van der Waals surface area (Å²) >= 11 is 0. The maximum absolute atomic E-state index is 13.1. The Morgan fingerprint density at radius 1 is 1.44 bits per heavy atom. The number of benzene rings is 1. The summed E-state index contributed by atoms with van der Waals surface area (Å²) < 4.78 is 13.1. The lowest BCUT2D eigenvalue weighted by Gasteiger charge is -2.35. The van der Waals surface area contributed by atoms with E-state index in [4.69, 9.17) is 5.11 Å². The highest BCUT2D eigenvalue weighted by Gasteiger charge is 2.26. The molecule has 1 fully saturated rings. The van der Waals surface area contributed by atoms with Crippen molar-refractivity contribution in [3.63, 3.8) is 0 Å². The van der Waals surface area contributed by atoms with E-state index in [2.05, 4.69) is 0 Å².